The van der Waals surface area contributed by atoms with E-state index >= 15 is 0 Å². The van der Waals surface area contributed by atoms with E-state index in [0.717, 1.165) is 30.4 Å². The van der Waals surface area contributed by atoms with E-state index in [0.29, 0.717) is 4.47 Å². The van der Waals surface area contributed by atoms with E-state index in [1.54, 1.807) is 6.07 Å². The fourth-order valence-electron chi connectivity index (χ4n) is 2.83. The average molecular weight is 313 g/mol. The quantitative estimate of drug-likeness (QED) is 0.870. The van der Waals surface area contributed by atoms with Crippen molar-refractivity contribution in [2.24, 2.45) is 5.92 Å². The predicted molar refractivity (Wildman–Crippen MR) is 72.7 cm³/mol. The number of carbonyl (C=O) groups is 1. The number of hydrogen-bond acceptors (Lipinski definition) is 3. The molecule has 2 unspecified atom stereocenters. The van der Waals surface area contributed by atoms with E-state index < -0.39 is 0 Å². The Kier molecular flexibility index (Phi) is 3.95. The van der Waals surface area contributed by atoms with Crippen LogP contribution in [0.3, 0.4) is 0 Å². The molecule has 0 aliphatic heterocycles. The molecule has 0 saturated carbocycles. The third-order valence-corrected chi connectivity index (χ3v) is 4.40. The van der Waals surface area contributed by atoms with Gasteiger partial charge in [0.1, 0.15) is 5.75 Å². The molecule has 0 amide bonds. The maximum atomic E-state index is 11.8. The molecule has 2 rings (SSSR count). The molecule has 1 aromatic rings. The van der Waals surface area contributed by atoms with Gasteiger partial charge in [0, 0.05) is 0 Å². The first kappa shape index (κ1) is 13.4. The van der Waals surface area contributed by atoms with Gasteiger partial charge in [-0.25, -0.2) is 0 Å². The second-order valence-electron chi connectivity index (χ2n) is 4.69. The topological polar surface area (TPSA) is 46.5 Å². The maximum absolute atomic E-state index is 11.8. The van der Waals surface area contributed by atoms with Crippen LogP contribution in [0.5, 0.6) is 5.75 Å². The van der Waals surface area contributed by atoms with Gasteiger partial charge >= 0.3 is 5.97 Å². The van der Waals surface area contributed by atoms with Crippen LogP contribution >= 0.6 is 15.9 Å². The van der Waals surface area contributed by atoms with E-state index in [1.807, 2.05) is 13.0 Å². The van der Waals surface area contributed by atoms with E-state index in [1.165, 1.54) is 7.11 Å². The van der Waals surface area contributed by atoms with Crippen LogP contribution in [0.15, 0.2) is 16.6 Å². The largest absolute Gasteiger partial charge is 0.507 e. The standard InChI is InChI=1S/C14H17BrO3/c1-3-9(14(17)18-2)10-5-4-8-6-13(16)12(15)7-11(8)10/h6-7,9-10,16H,3-5H2,1-2H3. The van der Waals surface area contributed by atoms with Crippen molar-refractivity contribution in [3.05, 3.63) is 27.7 Å². The Labute approximate surface area is 115 Å². The van der Waals surface area contributed by atoms with Gasteiger partial charge in [-0.1, -0.05) is 6.92 Å². The molecule has 1 N–H and O–H groups in total. The van der Waals surface area contributed by atoms with Crippen molar-refractivity contribution in [1.82, 2.24) is 0 Å². The molecule has 0 saturated heterocycles. The molecule has 0 spiro atoms. The molecule has 1 aliphatic carbocycles. The zero-order valence-electron chi connectivity index (χ0n) is 10.6. The molecule has 1 aliphatic rings. The summed E-state index contributed by atoms with van der Waals surface area (Å²) in [5, 5.41) is 9.68. The first-order chi connectivity index (χ1) is 8.58. The van der Waals surface area contributed by atoms with Crippen molar-refractivity contribution in [2.75, 3.05) is 7.11 Å². The zero-order chi connectivity index (χ0) is 13.3. The van der Waals surface area contributed by atoms with Gasteiger partial charge in [0.2, 0.25) is 0 Å². The van der Waals surface area contributed by atoms with Gasteiger partial charge in [0.25, 0.3) is 0 Å². The van der Waals surface area contributed by atoms with E-state index in [4.69, 9.17) is 4.74 Å². The van der Waals surface area contributed by atoms with Crippen LogP contribution in [-0.4, -0.2) is 18.2 Å². The highest BCUT2D eigenvalue weighted by Gasteiger charge is 2.34. The number of phenolic OH excluding ortho intramolecular Hbond substituents is 1. The van der Waals surface area contributed by atoms with Crippen molar-refractivity contribution in [1.29, 1.82) is 0 Å². The molecule has 18 heavy (non-hydrogen) atoms. The molecule has 0 bridgehead atoms. The predicted octanol–water partition coefficient (Wildman–Crippen LogP) is 3.38. The van der Waals surface area contributed by atoms with Gasteiger partial charge in [-0.15, -0.1) is 0 Å². The fraction of sp³-hybridized carbons (Fsp3) is 0.500. The fourth-order valence-corrected chi connectivity index (χ4v) is 3.19. The van der Waals surface area contributed by atoms with Gasteiger partial charge in [0.15, 0.2) is 0 Å². The van der Waals surface area contributed by atoms with Crippen LogP contribution in [0.1, 0.15) is 36.8 Å². The first-order valence-corrected chi connectivity index (χ1v) is 6.96. The second-order valence-corrected chi connectivity index (χ2v) is 5.54. The summed E-state index contributed by atoms with van der Waals surface area (Å²) in [7, 11) is 1.44. The van der Waals surface area contributed by atoms with E-state index in [-0.39, 0.29) is 23.6 Å². The molecule has 2 atom stereocenters. The molecular weight excluding hydrogens is 296 g/mol. The highest BCUT2D eigenvalue weighted by Crippen LogP contribution is 2.43. The molecule has 0 heterocycles. The molecule has 1 aromatic carbocycles. The minimum Gasteiger partial charge on any atom is -0.507 e. The summed E-state index contributed by atoms with van der Waals surface area (Å²) in [6.07, 6.45) is 2.63. The molecule has 4 heteroatoms. The number of benzene rings is 1. The Bertz CT molecular complexity index is 470. The smallest absolute Gasteiger partial charge is 0.309 e. The number of ether oxygens (including phenoxy) is 1. The van der Waals surface area contributed by atoms with Crippen molar-refractivity contribution in [3.63, 3.8) is 0 Å². The molecule has 0 fully saturated rings. The summed E-state index contributed by atoms with van der Waals surface area (Å²) in [4.78, 5) is 11.8. The third kappa shape index (κ3) is 2.26. The number of carbonyl (C=O) groups excluding carboxylic acids is 1. The second kappa shape index (κ2) is 5.31. The van der Waals surface area contributed by atoms with Crippen LogP contribution in [-0.2, 0) is 16.0 Å². The lowest BCUT2D eigenvalue weighted by atomic mass is 9.85. The van der Waals surface area contributed by atoms with E-state index in [9.17, 15) is 9.90 Å². The van der Waals surface area contributed by atoms with Crippen LogP contribution < -0.4 is 0 Å². The molecule has 3 nitrogen and oxygen atoms in total. The summed E-state index contributed by atoms with van der Waals surface area (Å²) in [5.41, 5.74) is 2.31. The van der Waals surface area contributed by atoms with Crippen LogP contribution in [0.25, 0.3) is 0 Å². The van der Waals surface area contributed by atoms with Gasteiger partial charge in [-0.3, -0.25) is 4.79 Å². The minimum absolute atomic E-state index is 0.0901. The number of hydrogen-bond donors (Lipinski definition) is 1. The van der Waals surface area contributed by atoms with Gasteiger partial charge in [0.05, 0.1) is 17.5 Å². The van der Waals surface area contributed by atoms with Crippen molar-refractivity contribution >= 4 is 21.9 Å². The number of rotatable bonds is 3. The number of esters is 1. The SMILES string of the molecule is CCC(C(=O)OC)C1CCc2cc(O)c(Br)cc21. The highest BCUT2D eigenvalue weighted by atomic mass is 79.9. The lowest BCUT2D eigenvalue weighted by Crippen LogP contribution is -2.21. The summed E-state index contributed by atoms with van der Waals surface area (Å²) < 4.78 is 5.57. The monoisotopic (exact) mass is 312 g/mol. The normalized spacial score (nSPS) is 19.4. The molecule has 0 radical (unpaired) electrons. The number of methoxy groups -OCH3 is 1. The number of fused-ring (bicyclic) bond motifs is 1. The maximum Gasteiger partial charge on any atom is 0.309 e. The number of phenols is 1. The molecule has 0 aromatic heterocycles. The minimum atomic E-state index is -0.139. The Morgan fingerprint density at radius 2 is 2.33 bits per heavy atom. The Morgan fingerprint density at radius 1 is 1.61 bits per heavy atom. The molecular formula is C14H17BrO3. The number of aromatic hydroxyl groups is 1. The van der Waals surface area contributed by atoms with Crippen LogP contribution in [0, 0.1) is 5.92 Å². The summed E-state index contributed by atoms with van der Waals surface area (Å²) >= 11 is 3.34. The van der Waals surface area contributed by atoms with Gasteiger partial charge in [-0.2, -0.15) is 0 Å². The van der Waals surface area contributed by atoms with Crippen molar-refractivity contribution in [3.8, 4) is 5.75 Å². The lowest BCUT2D eigenvalue weighted by molar-refractivity contribution is -0.146. The zero-order valence-corrected chi connectivity index (χ0v) is 12.2. The summed E-state index contributed by atoms with van der Waals surface area (Å²) in [6, 6.07) is 3.73. The van der Waals surface area contributed by atoms with Gasteiger partial charge < -0.3 is 9.84 Å². The number of aryl methyl sites for hydroxylation is 1. The van der Waals surface area contributed by atoms with Crippen LogP contribution in [0.4, 0.5) is 0 Å². The van der Waals surface area contributed by atoms with E-state index in [2.05, 4.69) is 15.9 Å². The Morgan fingerprint density at radius 3 is 2.94 bits per heavy atom. The van der Waals surface area contributed by atoms with Crippen LogP contribution in [0.2, 0.25) is 0 Å². The molecule has 98 valence electrons. The summed E-state index contributed by atoms with van der Waals surface area (Å²) in [6.45, 7) is 2.01. The average Bonchev–Trinajstić information content (AvgIpc) is 2.74. The third-order valence-electron chi connectivity index (χ3n) is 3.76. The first-order valence-electron chi connectivity index (χ1n) is 6.17. The Balaban J connectivity index is 2.35. The van der Waals surface area contributed by atoms with Crippen molar-refractivity contribution in [2.45, 2.75) is 32.1 Å². The lowest BCUT2D eigenvalue weighted by Gasteiger charge is -2.21. The van der Waals surface area contributed by atoms with Gasteiger partial charge in [-0.05, 0) is 64.4 Å². The summed E-state index contributed by atoms with van der Waals surface area (Å²) in [5.74, 6) is 0.238. The van der Waals surface area contributed by atoms with Crippen molar-refractivity contribution < 1.29 is 14.6 Å². The number of halogens is 1. The highest BCUT2D eigenvalue weighted by molar-refractivity contribution is 9.10. The Hall–Kier alpha value is -1.03.